The van der Waals surface area contributed by atoms with Gasteiger partial charge in [0.15, 0.2) is 5.76 Å². The summed E-state index contributed by atoms with van der Waals surface area (Å²) < 4.78 is 5.19. The predicted molar refractivity (Wildman–Crippen MR) is 102 cm³/mol. The number of hydrogen-bond acceptors (Lipinski definition) is 5. The van der Waals surface area contributed by atoms with E-state index in [2.05, 4.69) is 15.2 Å². The van der Waals surface area contributed by atoms with Gasteiger partial charge < -0.3 is 19.5 Å². The molecule has 2 saturated heterocycles. The average Bonchev–Trinajstić information content (AvgIpc) is 3.42. The molecule has 0 aromatic carbocycles. The van der Waals surface area contributed by atoms with Gasteiger partial charge in [0.25, 0.3) is 5.91 Å². The van der Waals surface area contributed by atoms with Crippen LogP contribution in [0.5, 0.6) is 0 Å². The normalized spacial score (nSPS) is 19.9. The van der Waals surface area contributed by atoms with Crippen molar-refractivity contribution in [2.45, 2.75) is 25.7 Å². The Morgan fingerprint density at radius 3 is 2.67 bits per heavy atom. The molecular formula is C20H24N4O3. The molecule has 27 heavy (non-hydrogen) atoms. The van der Waals surface area contributed by atoms with Gasteiger partial charge in [-0.05, 0) is 49.9 Å². The third-order valence-electron chi connectivity index (χ3n) is 5.26. The number of hydrogen-bond donors (Lipinski definition) is 1. The molecular weight excluding hydrogens is 344 g/mol. The fraction of sp³-hybridized carbons (Fsp3) is 0.450. The second-order valence-corrected chi connectivity index (χ2v) is 7.16. The third kappa shape index (κ3) is 3.97. The largest absolute Gasteiger partial charge is 0.459 e. The van der Waals surface area contributed by atoms with E-state index in [1.165, 1.54) is 19.1 Å². The van der Waals surface area contributed by atoms with Crippen LogP contribution in [-0.4, -0.2) is 47.9 Å². The highest BCUT2D eigenvalue weighted by Gasteiger charge is 2.30. The van der Waals surface area contributed by atoms with E-state index in [1.807, 2.05) is 12.1 Å². The summed E-state index contributed by atoms with van der Waals surface area (Å²) in [6.07, 6.45) is 7.17. The number of carbonyl (C=O) groups excluding carboxylic acids is 2. The van der Waals surface area contributed by atoms with Crippen molar-refractivity contribution in [1.82, 2.24) is 9.88 Å². The summed E-state index contributed by atoms with van der Waals surface area (Å²) in [5, 5.41) is 2.94. The molecule has 0 saturated carbocycles. The van der Waals surface area contributed by atoms with Gasteiger partial charge in [-0.3, -0.25) is 9.59 Å². The molecule has 0 spiro atoms. The van der Waals surface area contributed by atoms with Gasteiger partial charge in [-0.25, -0.2) is 4.98 Å². The number of likely N-dealkylation sites (tertiary alicyclic amines) is 1. The van der Waals surface area contributed by atoms with E-state index < -0.39 is 0 Å². The van der Waals surface area contributed by atoms with Crippen molar-refractivity contribution < 1.29 is 14.0 Å². The predicted octanol–water partition coefficient (Wildman–Crippen LogP) is 2.77. The molecule has 1 unspecified atom stereocenters. The van der Waals surface area contributed by atoms with Crippen molar-refractivity contribution in [2.24, 2.45) is 5.92 Å². The topological polar surface area (TPSA) is 78.7 Å². The van der Waals surface area contributed by atoms with Gasteiger partial charge in [0.05, 0.1) is 24.1 Å². The SMILES string of the molecule is O=C(Nc1ccc(N2CCCC2)nc1)C1CCCN(C(=O)c2ccco2)C1. The van der Waals surface area contributed by atoms with Crippen LogP contribution in [0.15, 0.2) is 41.1 Å². The lowest BCUT2D eigenvalue weighted by molar-refractivity contribution is -0.121. The Morgan fingerprint density at radius 1 is 1.11 bits per heavy atom. The van der Waals surface area contributed by atoms with Crippen molar-refractivity contribution in [3.05, 3.63) is 42.5 Å². The zero-order valence-electron chi connectivity index (χ0n) is 15.3. The molecule has 0 bridgehead atoms. The molecule has 2 aromatic rings. The maximum atomic E-state index is 12.7. The van der Waals surface area contributed by atoms with Crippen molar-refractivity contribution in [3.63, 3.8) is 0 Å². The Hall–Kier alpha value is -2.83. The molecule has 2 aromatic heterocycles. The zero-order chi connectivity index (χ0) is 18.6. The van der Waals surface area contributed by atoms with Crippen LogP contribution in [0.2, 0.25) is 0 Å². The fourth-order valence-electron chi connectivity index (χ4n) is 3.77. The minimum absolute atomic E-state index is 0.0670. The van der Waals surface area contributed by atoms with Crippen LogP contribution in [0.4, 0.5) is 11.5 Å². The second-order valence-electron chi connectivity index (χ2n) is 7.16. The molecule has 7 heteroatoms. The summed E-state index contributed by atoms with van der Waals surface area (Å²) in [4.78, 5) is 33.5. The van der Waals surface area contributed by atoms with Crippen molar-refractivity contribution in [1.29, 1.82) is 0 Å². The summed E-state index contributed by atoms with van der Waals surface area (Å²) in [6, 6.07) is 7.20. The monoisotopic (exact) mass is 368 g/mol. The van der Waals surface area contributed by atoms with Gasteiger partial charge in [-0.2, -0.15) is 0 Å². The minimum atomic E-state index is -0.226. The van der Waals surface area contributed by atoms with Gasteiger partial charge in [0.2, 0.25) is 5.91 Å². The first-order chi connectivity index (χ1) is 13.2. The molecule has 4 heterocycles. The van der Waals surface area contributed by atoms with Gasteiger partial charge in [0.1, 0.15) is 5.82 Å². The van der Waals surface area contributed by atoms with Crippen molar-refractivity contribution >= 4 is 23.3 Å². The Morgan fingerprint density at radius 2 is 1.96 bits per heavy atom. The van der Waals surface area contributed by atoms with E-state index in [1.54, 1.807) is 23.2 Å². The van der Waals surface area contributed by atoms with E-state index >= 15 is 0 Å². The van der Waals surface area contributed by atoms with Crippen LogP contribution in [0.25, 0.3) is 0 Å². The van der Waals surface area contributed by atoms with E-state index in [0.29, 0.717) is 24.5 Å². The van der Waals surface area contributed by atoms with Gasteiger partial charge in [-0.1, -0.05) is 0 Å². The maximum Gasteiger partial charge on any atom is 0.289 e. The molecule has 0 radical (unpaired) electrons. The molecule has 142 valence electrons. The number of piperidine rings is 1. The fourth-order valence-corrected chi connectivity index (χ4v) is 3.77. The summed E-state index contributed by atoms with van der Waals surface area (Å²) in [5.41, 5.74) is 0.692. The molecule has 4 rings (SSSR count). The number of aromatic nitrogens is 1. The summed E-state index contributed by atoms with van der Waals surface area (Å²) in [6.45, 7) is 3.14. The zero-order valence-corrected chi connectivity index (χ0v) is 15.3. The first-order valence-electron chi connectivity index (χ1n) is 9.55. The molecule has 1 N–H and O–H groups in total. The molecule has 2 fully saturated rings. The number of furan rings is 1. The Balaban J connectivity index is 1.35. The highest BCUT2D eigenvalue weighted by Crippen LogP contribution is 2.22. The van der Waals surface area contributed by atoms with E-state index in [4.69, 9.17) is 4.42 Å². The lowest BCUT2D eigenvalue weighted by atomic mass is 9.97. The number of amides is 2. The van der Waals surface area contributed by atoms with Gasteiger partial charge >= 0.3 is 0 Å². The summed E-state index contributed by atoms with van der Waals surface area (Å²) in [5.74, 6) is 0.823. The van der Waals surface area contributed by atoms with Crippen molar-refractivity contribution in [3.8, 4) is 0 Å². The van der Waals surface area contributed by atoms with Crippen LogP contribution in [0, 0.1) is 5.92 Å². The highest BCUT2D eigenvalue weighted by atomic mass is 16.3. The van der Waals surface area contributed by atoms with Crippen LogP contribution >= 0.6 is 0 Å². The molecule has 1 atom stereocenters. The number of nitrogens with zero attached hydrogens (tertiary/aromatic N) is 3. The van der Waals surface area contributed by atoms with Crippen LogP contribution in [0.3, 0.4) is 0 Å². The number of anilines is 2. The van der Waals surface area contributed by atoms with Crippen molar-refractivity contribution in [2.75, 3.05) is 36.4 Å². The van der Waals surface area contributed by atoms with Gasteiger partial charge in [-0.15, -0.1) is 0 Å². The Bertz CT molecular complexity index is 782. The number of rotatable bonds is 4. The minimum Gasteiger partial charge on any atom is -0.459 e. The van der Waals surface area contributed by atoms with Gasteiger partial charge in [0, 0.05) is 26.2 Å². The van der Waals surface area contributed by atoms with E-state index in [-0.39, 0.29) is 17.7 Å². The van der Waals surface area contributed by atoms with E-state index in [9.17, 15) is 9.59 Å². The third-order valence-corrected chi connectivity index (χ3v) is 5.26. The quantitative estimate of drug-likeness (QED) is 0.898. The number of pyridine rings is 1. The molecule has 7 nitrogen and oxygen atoms in total. The molecule has 2 aliphatic heterocycles. The van der Waals surface area contributed by atoms with Crippen LogP contribution < -0.4 is 10.2 Å². The second kappa shape index (κ2) is 7.82. The number of carbonyl (C=O) groups is 2. The summed E-state index contributed by atoms with van der Waals surface area (Å²) >= 11 is 0. The molecule has 2 amide bonds. The average molecular weight is 368 g/mol. The molecule has 0 aliphatic carbocycles. The van der Waals surface area contributed by atoms with Crippen LogP contribution in [0.1, 0.15) is 36.2 Å². The first kappa shape index (κ1) is 17.6. The lowest BCUT2D eigenvalue weighted by Gasteiger charge is -2.31. The first-order valence-corrected chi connectivity index (χ1v) is 9.55. The smallest absolute Gasteiger partial charge is 0.289 e. The molecule has 2 aliphatic rings. The van der Waals surface area contributed by atoms with E-state index in [0.717, 1.165) is 31.7 Å². The maximum absolute atomic E-state index is 12.7. The lowest BCUT2D eigenvalue weighted by Crippen LogP contribution is -2.43. The summed E-state index contributed by atoms with van der Waals surface area (Å²) in [7, 11) is 0. The Kier molecular flexibility index (Phi) is 5.09. The standard InChI is InChI=1S/C20H24N4O3/c25-19(22-16-7-8-18(21-13-16)23-9-1-2-10-23)15-5-3-11-24(14-15)20(26)17-6-4-12-27-17/h4,6-8,12-13,15H,1-3,5,9-11,14H2,(H,22,25). The highest BCUT2D eigenvalue weighted by molar-refractivity contribution is 5.95. The Labute approximate surface area is 158 Å². The number of nitrogens with one attached hydrogen (secondary N) is 1. The van der Waals surface area contributed by atoms with Crippen LogP contribution in [-0.2, 0) is 4.79 Å².